The van der Waals surface area contributed by atoms with Gasteiger partial charge in [0.1, 0.15) is 15.5 Å². The first-order valence-electron chi connectivity index (χ1n) is 16.2. The molecule has 50 heavy (non-hydrogen) atoms. The standard InChI is InChI=1S/C22H20Cl2N4O3S.C12H16N2O2S.ClH/c23-16-7-4-8-17(11-16)28-22(29)21(24)19(13-25-28)26-9-10-27-18(14-26)12-20(32(27,30)31)15-5-2-1-3-6-15;15-17(16)12(10-4-2-1-3-5-10)8-11-9-13-6-7-14(11)17;/h1-8,11,13,18,20H,9-10,12,14H2;1-5,11-13H,6-9H2;1H. The lowest BCUT2D eigenvalue weighted by Gasteiger charge is -2.37. The van der Waals surface area contributed by atoms with Crippen molar-refractivity contribution in [1.29, 1.82) is 0 Å². The summed E-state index contributed by atoms with van der Waals surface area (Å²) >= 11 is 12.5. The molecule has 4 aliphatic rings. The largest absolute Gasteiger partial charge is 0.366 e. The number of benzene rings is 3. The zero-order valence-electron chi connectivity index (χ0n) is 26.9. The van der Waals surface area contributed by atoms with Gasteiger partial charge in [0, 0.05) is 56.4 Å². The van der Waals surface area contributed by atoms with E-state index in [0.29, 0.717) is 55.4 Å². The molecule has 0 aliphatic carbocycles. The van der Waals surface area contributed by atoms with Gasteiger partial charge in [0.05, 0.1) is 17.6 Å². The molecular weight excluding hydrogens is 743 g/mol. The highest BCUT2D eigenvalue weighted by molar-refractivity contribution is 7.89. The van der Waals surface area contributed by atoms with Crippen molar-refractivity contribution in [2.75, 3.05) is 44.2 Å². The molecule has 4 aliphatic heterocycles. The van der Waals surface area contributed by atoms with Gasteiger partial charge in [-0.3, -0.25) is 4.79 Å². The molecule has 0 saturated carbocycles. The summed E-state index contributed by atoms with van der Waals surface area (Å²) < 4.78 is 55.6. The van der Waals surface area contributed by atoms with E-state index in [9.17, 15) is 21.6 Å². The molecule has 5 heterocycles. The minimum Gasteiger partial charge on any atom is -0.366 e. The molecule has 4 saturated heterocycles. The molecule has 4 fully saturated rings. The Kier molecular flexibility index (Phi) is 11.0. The molecule has 3 aromatic carbocycles. The number of anilines is 1. The van der Waals surface area contributed by atoms with Gasteiger partial charge in [-0.05, 0) is 42.2 Å². The third-order valence-corrected chi connectivity index (χ3v) is 14.9. The molecular formula is C34H37Cl3N6O5S2. The van der Waals surface area contributed by atoms with Crippen molar-refractivity contribution >= 4 is 61.3 Å². The number of nitrogens with one attached hydrogen (secondary N) is 1. The quantitative estimate of drug-likeness (QED) is 0.318. The molecule has 4 atom stereocenters. The third kappa shape index (κ3) is 6.94. The van der Waals surface area contributed by atoms with E-state index in [0.717, 1.165) is 24.2 Å². The number of hydrogen-bond donors (Lipinski definition) is 1. The van der Waals surface area contributed by atoms with Crippen molar-refractivity contribution in [2.45, 2.75) is 35.4 Å². The fourth-order valence-electron chi connectivity index (χ4n) is 7.31. The Bertz CT molecular complexity index is 2110. The summed E-state index contributed by atoms with van der Waals surface area (Å²) in [6.45, 7) is 3.37. The number of nitrogens with zero attached hydrogens (tertiary/aromatic N) is 5. The van der Waals surface area contributed by atoms with Crippen LogP contribution < -0.4 is 15.8 Å². The van der Waals surface area contributed by atoms with Crippen LogP contribution in [0.4, 0.5) is 5.69 Å². The Morgan fingerprint density at radius 2 is 1.34 bits per heavy atom. The Hall–Kier alpha value is -3.01. The molecule has 8 rings (SSSR count). The third-order valence-electron chi connectivity index (χ3n) is 9.71. The highest BCUT2D eigenvalue weighted by atomic mass is 35.5. The Morgan fingerprint density at radius 3 is 1.94 bits per heavy atom. The fraction of sp³-hybridized carbons (Fsp3) is 0.353. The molecule has 4 aromatic rings. The van der Waals surface area contributed by atoms with Crippen molar-refractivity contribution in [3.8, 4) is 5.69 Å². The summed E-state index contributed by atoms with van der Waals surface area (Å²) in [5.74, 6) is 0. The first kappa shape index (κ1) is 36.8. The molecule has 0 bridgehead atoms. The Morgan fingerprint density at radius 1 is 0.740 bits per heavy atom. The monoisotopic (exact) mass is 778 g/mol. The van der Waals surface area contributed by atoms with Crippen molar-refractivity contribution in [3.05, 3.63) is 123 Å². The van der Waals surface area contributed by atoms with Gasteiger partial charge in [0.15, 0.2) is 0 Å². The second-order valence-corrected chi connectivity index (χ2v) is 17.5. The average molecular weight is 780 g/mol. The highest BCUT2D eigenvalue weighted by Crippen LogP contribution is 2.42. The number of hydrogen-bond acceptors (Lipinski definition) is 8. The van der Waals surface area contributed by atoms with Crippen LogP contribution in [0.15, 0.2) is 95.9 Å². The molecule has 0 amide bonds. The predicted molar refractivity (Wildman–Crippen MR) is 199 cm³/mol. The zero-order chi connectivity index (χ0) is 34.3. The molecule has 1 N–H and O–H groups in total. The van der Waals surface area contributed by atoms with Crippen molar-refractivity contribution in [1.82, 2.24) is 23.7 Å². The summed E-state index contributed by atoms with van der Waals surface area (Å²) in [5.41, 5.74) is 2.30. The second kappa shape index (κ2) is 14.9. The van der Waals surface area contributed by atoms with E-state index in [1.165, 1.54) is 4.68 Å². The van der Waals surface area contributed by atoms with Crippen LogP contribution in [0.1, 0.15) is 34.5 Å². The van der Waals surface area contributed by atoms with Gasteiger partial charge >= 0.3 is 0 Å². The fourth-order valence-corrected chi connectivity index (χ4v) is 12.2. The van der Waals surface area contributed by atoms with Gasteiger partial charge in [-0.15, -0.1) is 12.4 Å². The van der Waals surface area contributed by atoms with Gasteiger partial charge in [0.2, 0.25) is 20.0 Å². The topological polar surface area (TPSA) is 125 Å². The summed E-state index contributed by atoms with van der Waals surface area (Å²) in [5, 5.41) is 7.18. The van der Waals surface area contributed by atoms with Gasteiger partial charge in [-0.1, -0.05) is 89.9 Å². The maximum absolute atomic E-state index is 13.1. The summed E-state index contributed by atoms with van der Waals surface area (Å²) in [6, 6.07) is 25.6. The van der Waals surface area contributed by atoms with Crippen LogP contribution in [0.2, 0.25) is 10.0 Å². The van der Waals surface area contributed by atoms with Crippen LogP contribution in [-0.4, -0.2) is 86.6 Å². The summed E-state index contributed by atoms with van der Waals surface area (Å²) in [4.78, 5) is 14.9. The van der Waals surface area contributed by atoms with E-state index in [-0.39, 0.29) is 34.8 Å². The van der Waals surface area contributed by atoms with Crippen molar-refractivity contribution in [2.24, 2.45) is 0 Å². The maximum atomic E-state index is 13.1. The van der Waals surface area contributed by atoms with E-state index >= 15 is 0 Å². The highest BCUT2D eigenvalue weighted by Gasteiger charge is 2.49. The summed E-state index contributed by atoms with van der Waals surface area (Å²) in [6.07, 6.45) is 2.76. The van der Waals surface area contributed by atoms with Crippen molar-refractivity contribution < 1.29 is 16.8 Å². The number of halogens is 3. The number of rotatable bonds is 4. The van der Waals surface area contributed by atoms with E-state index < -0.39 is 30.9 Å². The van der Waals surface area contributed by atoms with Crippen LogP contribution in [0.25, 0.3) is 5.69 Å². The minimum absolute atomic E-state index is 0. The van der Waals surface area contributed by atoms with E-state index in [2.05, 4.69) is 10.4 Å². The van der Waals surface area contributed by atoms with Crippen LogP contribution in [0.5, 0.6) is 0 Å². The molecule has 11 nitrogen and oxygen atoms in total. The summed E-state index contributed by atoms with van der Waals surface area (Å²) in [7, 11) is -6.58. The van der Waals surface area contributed by atoms with Gasteiger partial charge < -0.3 is 10.2 Å². The second-order valence-electron chi connectivity index (χ2n) is 12.6. The zero-order valence-corrected chi connectivity index (χ0v) is 30.8. The lowest BCUT2D eigenvalue weighted by atomic mass is 10.0. The maximum Gasteiger partial charge on any atom is 0.292 e. The molecule has 1 aromatic heterocycles. The minimum atomic E-state index is -3.43. The van der Waals surface area contributed by atoms with E-state index in [1.807, 2.05) is 65.6 Å². The van der Waals surface area contributed by atoms with Crippen LogP contribution >= 0.6 is 35.6 Å². The van der Waals surface area contributed by atoms with Gasteiger partial charge in [0.25, 0.3) is 5.56 Å². The number of sulfonamides is 2. The van der Waals surface area contributed by atoms with Crippen LogP contribution in [0, 0.1) is 0 Å². The molecule has 0 radical (unpaired) electrons. The first-order chi connectivity index (χ1) is 23.6. The average Bonchev–Trinajstić information content (AvgIpc) is 3.54. The SMILES string of the molecule is Cl.O=S1(=O)C(c2ccccc2)CC2CNCCN21.O=c1c(Cl)c(N2CCN3C(CC(c4ccccc4)S3(=O)=O)C2)cnn1-c1cccc(Cl)c1. The normalized spacial score (nSPS) is 25.4. The van der Waals surface area contributed by atoms with Gasteiger partial charge in [-0.25, -0.2) is 16.8 Å². The molecule has 266 valence electrons. The van der Waals surface area contributed by atoms with E-state index in [1.54, 1.807) is 39.1 Å². The van der Waals surface area contributed by atoms with Crippen molar-refractivity contribution in [3.63, 3.8) is 0 Å². The van der Waals surface area contributed by atoms with Gasteiger partial charge in [-0.2, -0.15) is 18.4 Å². The number of fused-ring (bicyclic) bond motifs is 2. The number of aromatic nitrogens is 2. The van der Waals surface area contributed by atoms with E-state index in [4.69, 9.17) is 23.2 Å². The predicted octanol–water partition coefficient (Wildman–Crippen LogP) is 4.66. The molecule has 16 heteroatoms. The molecule has 0 spiro atoms. The molecule has 4 unspecified atom stereocenters. The number of piperazine rings is 2. The Balaban J connectivity index is 0.000000202. The first-order valence-corrected chi connectivity index (χ1v) is 19.9. The Labute approximate surface area is 308 Å². The van der Waals surface area contributed by atoms with Crippen LogP contribution in [-0.2, 0) is 20.0 Å². The lowest BCUT2D eigenvalue weighted by Crippen LogP contribution is -2.51. The lowest BCUT2D eigenvalue weighted by molar-refractivity contribution is 0.285. The van der Waals surface area contributed by atoms with Crippen LogP contribution in [0.3, 0.4) is 0 Å². The smallest absolute Gasteiger partial charge is 0.292 e.